The van der Waals surface area contributed by atoms with Crippen molar-refractivity contribution >= 4 is 29.6 Å². The Labute approximate surface area is 163 Å². The highest BCUT2D eigenvalue weighted by molar-refractivity contribution is 6.22. The van der Waals surface area contributed by atoms with Gasteiger partial charge in [-0.1, -0.05) is 20.8 Å². The van der Waals surface area contributed by atoms with Gasteiger partial charge in [0, 0.05) is 12.2 Å². The average molecular weight is 384 g/mol. The highest BCUT2D eigenvalue weighted by Gasteiger charge is 2.41. The number of hydrogen-bond acceptors (Lipinski definition) is 5. The highest BCUT2D eigenvalue weighted by Crippen LogP contribution is 2.46. The smallest absolute Gasteiger partial charge is 0.319 e. The molecule has 28 heavy (non-hydrogen) atoms. The van der Waals surface area contributed by atoms with Crippen molar-refractivity contribution in [3.8, 4) is 0 Å². The van der Waals surface area contributed by atoms with Gasteiger partial charge in [0.25, 0.3) is 11.8 Å². The largest absolute Gasteiger partial charge is 0.337 e. The van der Waals surface area contributed by atoms with Crippen molar-refractivity contribution in [1.82, 2.24) is 10.6 Å². The highest BCUT2D eigenvalue weighted by atomic mass is 16.2. The summed E-state index contributed by atoms with van der Waals surface area (Å²) in [7, 11) is 0. The van der Waals surface area contributed by atoms with Gasteiger partial charge in [-0.3, -0.25) is 14.9 Å². The fourth-order valence-electron chi connectivity index (χ4n) is 4.59. The summed E-state index contributed by atoms with van der Waals surface area (Å²) in [5.74, 6) is -0.904. The predicted molar refractivity (Wildman–Crippen MR) is 103 cm³/mol. The third-order valence-corrected chi connectivity index (χ3v) is 5.33. The van der Waals surface area contributed by atoms with Gasteiger partial charge in [0.15, 0.2) is 0 Å². The fourth-order valence-corrected chi connectivity index (χ4v) is 4.59. The van der Waals surface area contributed by atoms with Crippen LogP contribution in [0.15, 0.2) is 23.2 Å². The van der Waals surface area contributed by atoms with Gasteiger partial charge in [-0.25, -0.2) is 14.6 Å². The minimum absolute atomic E-state index is 0.00998. The summed E-state index contributed by atoms with van der Waals surface area (Å²) in [5.41, 5.74) is 0.788. The second kappa shape index (κ2) is 7.20. The van der Waals surface area contributed by atoms with E-state index in [0.717, 1.165) is 12.8 Å². The number of nitrogens with one attached hydrogen (secondary N) is 3. The Balaban J connectivity index is 1.62. The predicted octanol–water partition coefficient (Wildman–Crippen LogP) is 2.61. The molecule has 0 saturated heterocycles. The molecule has 2 atom stereocenters. The van der Waals surface area contributed by atoms with Crippen LogP contribution < -0.4 is 16.0 Å². The van der Waals surface area contributed by atoms with Gasteiger partial charge in [-0.2, -0.15) is 0 Å². The molecule has 1 aromatic carbocycles. The van der Waals surface area contributed by atoms with Gasteiger partial charge < -0.3 is 10.6 Å². The quantitative estimate of drug-likeness (QED) is 0.420. The molecule has 4 amide bonds. The summed E-state index contributed by atoms with van der Waals surface area (Å²) in [6.07, 6.45) is 4.07. The number of rotatable bonds is 4. The molecule has 1 aliphatic carbocycles. The van der Waals surface area contributed by atoms with Crippen LogP contribution in [0.1, 0.15) is 60.7 Å². The third kappa shape index (κ3) is 4.28. The second-order valence-corrected chi connectivity index (χ2v) is 8.79. The Kier molecular flexibility index (Phi) is 5.08. The summed E-state index contributed by atoms with van der Waals surface area (Å²) in [5, 5.41) is 7.78. The Hall–Kier alpha value is -2.99. The van der Waals surface area contributed by atoms with Gasteiger partial charge >= 0.3 is 6.03 Å². The molecule has 2 unspecified atom stereocenters. The number of carbonyl (C=O) groups excluding carboxylic acids is 4. The van der Waals surface area contributed by atoms with Crippen molar-refractivity contribution < 1.29 is 19.2 Å². The number of imide groups is 1. The maximum Gasteiger partial charge on any atom is 0.319 e. The van der Waals surface area contributed by atoms with Crippen LogP contribution in [-0.2, 0) is 4.79 Å². The molecule has 0 spiro atoms. The molecule has 1 saturated carbocycles. The van der Waals surface area contributed by atoms with E-state index in [4.69, 9.17) is 0 Å². The molecule has 8 nitrogen and oxygen atoms in total. The van der Waals surface area contributed by atoms with E-state index in [1.54, 1.807) is 12.1 Å². The minimum Gasteiger partial charge on any atom is -0.337 e. The summed E-state index contributed by atoms with van der Waals surface area (Å²) >= 11 is 0. The van der Waals surface area contributed by atoms with Crippen LogP contribution in [0, 0.1) is 10.8 Å². The number of aliphatic imine (C=N–C) groups is 1. The lowest BCUT2D eigenvalue weighted by atomic mass is 9.63. The minimum atomic E-state index is -0.470. The number of benzene rings is 1. The summed E-state index contributed by atoms with van der Waals surface area (Å²) in [6, 6.07) is 4.08. The molecule has 148 valence electrons. The van der Waals surface area contributed by atoms with E-state index in [1.807, 2.05) is 0 Å². The lowest BCUT2D eigenvalue weighted by Crippen LogP contribution is -2.45. The summed E-state index contributed by atoms with van der Waals surface area (Å²) < 4.78 is 0. The molecular weight excluding hydrogens is 360 g/mol. The van der Waals surface area contributed by atoms with Gasteiger partial charge in [-0.05, 0) is 48.3 Å². The first kappa shape index (κ1) is 19.8. The molecule has 1 aliphatic heterocycles. The van der Waals surface area contributed by atoms with Crippen LogP contribution in [0.2, 0.25) is 0 Å². The molecule has 0 aromatic heterocycles. The SMILES string of the molecule is CC1(C)CC(N=C=O)CC(C)(CNC(=O)Nc2ccc3c(c2)C(=O)NC3=O)C1. The molecule has 0 bridgehead atoms. The number of isocyanates is 1. The number of urea groups is 1. The first-order valence-electron chi connectivity index (χ1n) is 9.22. The number of fused-ring (bicyclic) bond motifs is 1. The van der Waals surface area contributed by atoms with Crippen LogP contribution in [-0.4, -0.2) is 36.5 Å². The van der Waals surface area contributed by atoms with Crippen LogP contribution >= 0.6 is 0 Å². The van der Waals surface area contributed by atoms with Crippen LogP contribution in [0.5, 0.6) is 0 Å². The summed E-state index contributed by atoms with van der Waals surface area (Å²) in [4.78, 5) is 50.2. The average Bonchev–Trinajstić information content (AvgIpc) is 2.86. The van der Waals surface area contributed by atoms with Gasteiger partial charge in [0.05, 0.1) is 17.2 Å². The van der Waals surface area contributed by atoms with Gasteiger partial charge in [0.2, 0.25) is 6.08 Å². The lowest BCUT2D eigenvalue weighted by Gasteiger charge is -2.45. The van der Waals surface area contributed by atoms with Crippen molar-refractivity contribution in [2.45, 2.75) is 46.1 Å². The van der Waals surface area contributed by atoms with E-state index in [2.05, 4.69) is 41.7 Å². The molecule has 3 N–H and O–H groups in total. The Morgan fingerprint density at radius 2 is 1.93 bits per heavy atom. The van der Waals surface area contributed by atoms with Crippen molar-refractivity contribution in [3.63, 3.8) is 0 Å². The first-order chi connectivity index (χ1) is 13.1. The normalized spacial score (nSPS) is 25.3. The van der Waals surface area contributed by atoms with E-state index in [0.29, 0.717) is 24.2 Å². The number of hydrogen-bond donors (Lipinski definition) is 3. The number of anilines is 1. The van der Waals surface area contributed by atoms with Gasteiger partial charge in [-0.15, -0.1) is 0 Å². The number of carbonyl (C=O) groups is 3. The van der Waals surface area contributed by atoms with Crippen molar-refractivity contribution in [2.24, 2.45) is 15.8 Å². The zero-order valence-corrected chi connectivity index (χ0v) is 16.2. The molecular formula is C20H24N4O4. The molecule has 3 rings (SSSR count). The lowest BCUT2D eigenvalue weighted by molar-refractivity contribution is 0.0854. The number of nitrogens with zero attached hydrogens (tertiary/aromatic N) is 1. The zero-order valence-electron chi connectivity index (χ0n) is 16.2. The zero-order chi connectivity index (χ0) is 20.5. The Morgan fingerprint density at radius 1 is 1.21 bits per heavy atom. The van der Waals surface area contributed by atoms with E-state index in [-0.39, 0.29) is 22.4 Å². The standard InChI is InChI=1S/C20H24N4O4/c1-19(2)7-13(22-11-25)8-20(3,9-19)10-21-18(28)23-12-4-5-14-15(6-12)17(27)24-16(14)26/h4-6,13H,7-10H2,1-3H3,(H2,21,23,28)(H,24,26,27). The fraction of sp³-hybridized carbons (Fsp3) is 0.500. The van der Waals surface area contributed by atoms with E-state index >= 15 is 0 Å². The number of amides is 4. The Bertz CT molecular complexity index is 888. The van der Waals surface area contributed by atoms with E-state index in [9.17, 15) is 19.2 Å². The van der Waals surface area contributed by atoms with E-state index < -0.39 is 17.8 Å². The van der Waals surface area contributed by atoms with Crippen LogP contribution in [0.3, 0.4) is 0 Å². The molecule has 1 fully saturated rings. The van der Waals surface area contributed by atoms with Crippen molar-refractivity contribution in [3.05, 3.63) is 29.3 Å². The molecule has 0 radical (unpaired) electrons. The molecule has 8 heteroatoms. The molecule has 1 heterocycles. The topological polar surface area (TPSA) is 117 Å². The molecule has 2 aliphatic rings. The monoisotopic (exact) mass is 384 g/mol. The maximum absolute atomic E-state index is 12.3. The first-order valence-corrected chi connectivity index (χ1v) is 9.22. The van der Waals surface area contributed by atoms with Gasteiger partial charge in [0.1, 0.15) is 0 Å². The van der Waals surface area contributed by atoms with Crippen molar-refractivity contribution in [2.75, 3.05) is 11.9 Å². The second-order valence-electron chi connectivity index (χ2n) is 8.79. The molecule has 1 aromatic rings. The van der Waals surface area contributed by atoms with Crippen molar-refractivity contribution in [1.29, 1.82) is 0 Å². The maximum atomic E-state index is 12.3. The van der Waals surface area contributed by atoms with Crippen LogP contribution in [0.4, 0.5) is 10.5 Å². The summed E-state index contributed by atoms with van der Waals surface area (Å²) in [6.45, 7) is 6.77. The third-order valence-electron chi connectivity index (χ3n) is 5.33. The van der Waals surface area contributed by atoms with E-state index in [1.165, 1.54) is 12.1 Å². The van der Waals surface area contributed by atoms with Crippen LogP contribution in [0.25, 0.3) is 0 Å². The Morgan fingerprint density at radius 3 is 2.64 bits per heavy atom.